The van der Waals surface area contributed by atoms with Crippen LogP contribution in [0.3, 0.4) is 0 Å². The van der Waals surface area contributed by atoms with Crippen LogP contribution in [0.4, 0.5) is 0 Å². The molecule has 1 atom stereocenters. The summed E-state index contributed by atoms with van der Waals surface area (Å²) < 4.78 is 5.23. The van der Waals surface area contributed by atoms with Crippen LogP contribution in [0.5, 0.6) is 0 Å². The highest BCUT2D eigenvalue weighted by atomic mass is 32.1. The predicted molar refractivity (Wildman–Crippen MR) is 91.7 cm³/mol. The van der Waals surface area contributed by atoms with Crippen molar-refractivity contribution in [3.63, 3.8) is 0 Å². The second kappa shape index (κ2) is 8.63. The summed E-state index contributed by atoms with van der Waals surface area (Å²) in [5.41, 5.74) is 0. The Balaban J connectivity index is 1.79. The Hall–Kier alpha value is -2.15. The highest BCUT2D eigenvalue weighted by Crippen LogP contribution is 2.22. The van der Waals surface area contributed by atoms with Crippen LogP contribution in [0.2, 0.25) is 0 Å². The fourth-order valence-corrected chi connectivity index (χ4v) is 3.21. The first-order valence-electron chi connectivity index (χ1n) is 7.94. The molecule has 0 bridgehead atoms. The third kappa shape index (κ3) is 4.67. The SMILES string of the molecule is C=CCNC(=O)[C@H](C)OC(=O)C1CCN(C(=O)c2cccs2)CC1. The van der Waals surface area contributed by atoms with Crippen molar-refractivity contribution in [2.45, 2.75) is 25.9 Å². The molecule has 1 aliphatic heterocycles. The smallest absolute Gasteiger partial charge is 0.309 e. The third-order valence-electron chi connectivity index (χ3n) is 3.93. The summed E-state index contributed by atoms with van der Waals surface area (Å²) in [4.78, 5) is 38.6. The van der Waals surface area contributed by atoms with Gasteiger partial charge in [0.05, 0.1) is 10.8 Å². The molecule has 24 heavy (non-hydrogen) atoms. The van der Waals surface area contributed by atoms with Crippen LogP contribution >= 0.6 is 11.3 Å². The molecule has 1 N–H and O–H groups in total. The number of hydrogen-bond donors (Lipinski definition) is 1. The number of carbonyl (C=O) groups excluding carboxylic acids is 3. The van der Waals surface area contributed by atoms with Crippen molar-refractivity contribution >= 4 is 29.1 Å². The summed E-state index contributed by atoms with van der Waals surface area (Å²) in [6.45, 7) is 6.44. The predicted octanol–water partition coefficient (Wildman–Crippen LogP) is 1.83. The Morgan fingerprint density at radius 2 is 2.17 bits per heavy atom. The summed E-state index contributed by atoms with van der Waals surface area (Å²) in [7, 11) is 0. The maximum absolute atomic E-state index is 12.3. The first-order valence-corrected chi connectivity index (χ1v) is 8.82. The quantitative estimate of drug-likeness (QED) is 0.627. The van der Waals surface area contributed by atoms with E-state index in [-0.39, 0.29) is 23.7 Å². The van der Waals surface area contributed by atoms with E-state index in [0.717, 1.165) is 0 Å². The van der Waals surface area contributed by atoms with E-state index < -0.39 is 6.10 Å². The average molecular weight is 350 g/mol. The summed E-state index contributed by atoms with van der Waals surface area (Å²) >= 11 is 1.42. The zero-order chi connectivity index (χ0) is 17.5. The Kier molecular flexibility index (Phi) is 6.54. The second-order valence-corrected chi connectivity index (χ2v) is 6.60. The normalized spacial score (nSPS) is 16.3. The van der Waals surface area contributed by atoms with E-state index in [1.165, 1.54) is 11.3 Å². The van der Waals surface area contributed by atoms with Gasteiger partial charge in [-0.25, -0.2) is 0 Å². The Morgan fingerprint density at radius 3 is 2.75 bits per heavy atom. The molecule has 1 saturated heterocycles. The number of rotatable bonds is 6. The monoisotopic (exact) mass is 350 g/mol. The van der Waals surface area contributed by atoms with Gasteiger partial charge in [-0.15, -0.1) is 17.9 Å². The first kappa shape index (κ1) is 18.2. The number of amides is 2. The van der Waals surface area contributed by atoms with Crippen molar-refractivity contribution in [3.05, 3.63) is 35.0 Å². The molecule has 0 aromatic carbocycles. The topological polar surface area (TPSA) is 75.7 Å². The summed E-state index contributed by atoms with van der Waals surface area (Å²) in [5, 5.41) is 4.46. The molecule has 7 heteroatoms. The number of nitrogens with zero attached hydrogens (tertiary/aromatic N) is 1. The van der Waals surface area contributed by atoms with E-state index in [1.54, 1.807) is 24.0 Å². The molecular formula is C17H22N2O4S. The van der Waals surface area contributed by atoms with Gasteiger partial charge in [0, 0.05) is 19.6 Å². The van der Waals surface area contributed by atoms with Gasteiger partial charge >= 0.3 is 5.97 Å². The molecule has 0 radical (unpaired) electrons. The van der Waals surface area contributed by atoms with Gasteiger partial charge in [-0.2, -0.15) is 0 Å². The lowest BCUT2D eigenvalue weighted by molar-refractivity contribution is -0.159. The molecule has 2 amide bonds. The largest absolute Gasteiger partial charge is 0.452 e. The van der Waals surface area contributed by atoms with Crippen LogP contribution < -0.4 is 5.32 Å². The van der Waals surface area contributed by atoms with E-state index in [2.05, 4.69) is 11.9 Å². The molecule has 1 fully saturated rings. The van der Waals surface area contributed by atoms with Crippen molar-refractivity contribution in [2.75, 3.05) is 19.6 Å². The first-order chi connectivity index (χ1) is 11.5. The molecule has 130 valence electrons. The Morgan fingerprint density at radius 1 is 1.46 bits per heavy atom. The van der Waals surface area contributed by atoms with E-state index in [1.807, 2.05) is 11.4 Å². The van der Waals surface area contributed by atoms with E-state index in [0.29, 0.717) is 37.4 Å². The minimum atomic E-state index is -0.830. The maximum Gasteiger partial charge on any atom is 0.309 e. The number of nitrogens with one attached hydrogen (secondary N) is 1. The number of piperidine rings is 1. The standard InChI is InChI=1S/C17H22N2O4S/c1-3-8-18-15(20)12(2)23-17(22)13-6-9-19(10-7-13)16(21)14-5-4-11-24-14/h3-5,11-13H,1,6-10H2,2H3,(H,18,20)/t12-/m0/s1. The van der Waals surface area contributed by atoms with Gasteiger partial charge in [-0.1, -0.05) is 12.1 Å². The number of hydrogen-bond acceptors (Lipinski definition) is 5. The minimum Gasteiger partial charge on any atom is -0.452 e. The van der Waals surface area contributed by atoms with Crippen LogP contribution in [0.15, 0.2) is 30.2 Å². The zero-order valence-corrected chi connectivity index (χ0v) is 14.5. The lowest BCUT2D eigenvalue weighted by atomic mass is 9.97. The van der Waals surface area contributed by atoms with Gasteiger partial charge < -0.3 is 15.0 Å². The highest BCUT2D eigenvalue weighted by Gasteiger charge is 2.30. The number of likely N-dealkylation sites (tertiary alicyclic amines) is 1. The number of ether oxygens (including phenoxy) is 1. The number of esters is 1. The van der Waals surface area contributed by atoms with Gasteiger partial charge in [0.15, 0.2) is 6.10 Å². The Bertz CT molecular complexity index is 592. The van der Waals surface area contributed by atoms with Crippen molar-refractivity contribution < 1.29 is 19.1 Å². The average Bonchev–Trinajstić information content (AvgIpc) is 3.13. The zero-order valence-electron chi connectivity index (χ0n) is 13.7. The van der Waals surface area contributed by atoms with Gasteiger partial charge in [-0.3, -0.25) is 14.4 Å². The van der Waals surface area contributed by atoms with Gasteiger partial charge in [0.2, 0.25) is 0 Å². The van der Waals surface area contributed by atoms with Crippen LogP contribution in [0, 0.1) is 5.92 Å². The van der Waals surface area contributed by atoms with Crippen LogP contribution in [-0.4, -0.2) is 48.4 Å². The fraction of sp³-hybridized carbons (Fsp3) is 0.471. The molecule has 0 saturated carbocycles. The molecule has 0 aliphatic carbocycles. The highest BCUT2D eigenvalue weighted by molar-refractivity contribution is 7.12. The molecule has 0 spiro atoms. The number of thiophene rings is 1. The molecule has 6 nitrogen and oxygen atoms in total. The minimum absolute atomic E-state index is 0.00832. The lowest BCUT2D eigenvalue weighted by Crippen LogP contribution is -2.42. The Labute approximate surface area is 145 Å². The molecule has 0 unspecified atom stereocenters. The van der Waals surface area contributed by atoms with Gasteiger partial charge in [0.25, 0.3) is 11.8 Å². The lowest BCUT2D eigenvalue weighted by Gasteiger charge is -2.31. The van der Waals surface area contributed by atoms with Crippen molar-refractivity contribution in [3.8, 4) is 0 Å². The van der Waals surface area contributed by atoms with Crippen LogP contribution in [0.25, 0.3) is 0 Å². The fourth-order valence-electron chi connectivity index (χ4n) is 2.51. The van der Waals surface area contributed by atoms with Gasteiger partial charge in [0.1, 0.15) is 0 Å². The summed E-state index contributed by atoms with van der Waals surface area (Å²) in [6, 6.07) is 3.65. The van der Waals surface area contributed by atoms with E-state index >= 15 is 0 Å². The molecule has 1 aromatic rings. The van der Waals surface area contributed by atoms with Crippen molar-refractivity contribution in [1.29, 1.82) is 0 Å². The second-order valence-electron chi connectivity index (χ2n) is 5.66. The van der Waals surface area contributed by atoms with Crippen LogP contribution in [-0.2, 0) is 14.3 Å². The molecular weight excluding hydrogens is 328 g/mol. The maximum atomic E-state index is 12.3. The van der Waals surface area contributed by atoms with Crippen molar-refractivity contribution in [1.82, 2.24) is 10.2 Å². The molecule has 2 rings (SSSR count). The summed E-state index contributed by atoms with van der Waals surface area (Å²) in [5.74, 6) is -0.978. The molecule has 1 aliphatic rings. The van der Waals surface area contributed by atoms with Crippen LogP contribution in [0.1, 0.15) is 29.4 Å². The molecule has 2 heterocycles. The molecule has 1 aromatic heterocycles. The summed E-state index contributed by atoms with van der Waals surface area (Å²) in [6.07, 6.45) is 1.84. The van der Waals surface area contributed by atoms with Gasteiger partial charge in [-0.05, 0) is 31.2 Å². The van der Waals surface area contributed by atoms with Crippen molar-refractivity contribution in [2.24, 2.45) is 5.92 Å². The third-order valence-corrected chi connectivity index (χ3v) is 4.79. The number of carbonyl (C=O) groups is 3. The van der Waals surface area contributed by atoms with E-state index in [4.69, 9.17) is 4.74 Å². The van der Waals surface area contributed by atoms with E-state index in [9.17, 15) is 14.4 Å².